The summed E-state index contributed by atoms with van der Waals surface area (Å²) in [5, 5.41) is 4.48. The van der Waals surface area contributed by atoms with E-state index in [0.29, 0.717) is 19.4 Å². The lowest BCUT2D eigenvalue weighted by Crippen LogP contribution is -2.51. The van der Waals surface area contributed by atoms with Crippen LogP contribution in [0, 0.1) is 0 Å². The van der Waals surface area contributed by atoms with Gasteiger partial charge < -0.3 is 9.88 Å². The zero-order valence-corrected chi connectivity index (χ0v) is 12.3. The van der Waals surface area contributed by atoms with Gasteiger partial charge in [-0.15, -0.1) is 0 Å². The summed E-state index contributed by atoms with van der Waals surface area (Å²) in [5.74, 6) is -0.227. The first kappa shape index (κ1) is 13.8. The Morgan fingerprint density at radius 3 is 2.81 bits per heavy atom. The molecule has 1 unspecified atom stereocenters. The van der Waals surface area contributed by atoms with Crippen LogP contribution in [0.15, 0.2) is 30.5 Å². The fraction of sp³-hybridized carbons (Fsp3) is 0.375. The molecule has 0 aliphatic carbocycles. The highest BCUT2D eigenvalue weighted by atomic mass is 16.2. The summed E-state index contributed by atoms with van der Waals surface area (Å²) in [7, 11) is 3.57. The lowest BCUT2D eigenvalue weighted by Gasteiger charge is -2.28. The molecule has 0 spiro atoms. The van der Waals surface area contributed by atoms with Crippen LogP contribution in [-0.4, -0.2) is 34.4 Å². The van der Waals surface area contributed by atoms with Gasteiger partial charge in [0.2, 0.25) is 11.8 Å². The zero-order chi connectivity index (χ0) is 15.0. The normalized spacial score (nSPS) is 19.5. The van der Waals surface area contributed by atoms with Crippen molar-refractivity contribution in [1.29, 1.82) is 0 Å². The molecule has 1 aromatic heterocycles. The second kappa shape index (κ2) is 5.33. The number of benzene rings is 1. The molecule has 110 valence electrons. The van der Waals surface area contributed by atoms with Crippen LogP contribution in [0.4, 0.5) is 0 Å². The van der Waals surface area contributed by atoms with Gasteiger partial charge in [-0.1, -0.05) is 18.2 Å². The fourth-order valence-corrected chi connectivity index (χ4v) is 2.90. The van der Waals surface area contributed by atoms with E-state index >= 15 is 0 Å². The van der Waals surface area contributed by atoms with Crippen molar-refractivity contribution < 1.29 is 9.59 Å². The van der Waals surface area contributed by atoms with Gasteiger partial charge in [0.05, 0.1) is 6.04 Å². The Kier molecular flexibility index (Phi) is 3.51. The van der Waals surface area contributed by atoms with Crippen molar-refractivity contribution in [3.63, 3.8) is 0 Å². The number of rotatable bonds is 3. The maximum absolute atomic E-state index is 12.1. The van der Waals surface area contributed by atoms with Gasteiger partial charge in [-0.2, -0.15) is 0 Å². The monoisotopic (exact) mass is 285 g/mol. The van der Waals surface area contributed by atoms with Crippen molar-refractivity contribution in [2.45, 2.75) is 25.4 Å². The fourth-order valence-electron chi connectivity index (χ4n) is 2.90. The number of amides is 2. The van der Waals surface area contributed by atoms with Crippen LogP contribution >= 0.6 is 0 Å². The Bertz CT molecular complexity index is 705. The second-order valence-corrected chi connectivity index (χ2v) is 5.55. The van der Waals surface area contributed by atoms with Crippen LogP contribution in [0.3, 0.4) is 0 Å². The Morgan fingerprint density at radius 1 is 1.24 bits per heavy atom. The average molecular weight is 285 g/mol. The predicted octanol–water partition coefficient (Wildman–Crippen LogP) is 1.42. The van der Waals surface area contributed by atoms with E-state index < -0.39 is 0 Å². The Labute approximate surface area is 123 Å². The Balaban J connectivity index is 1.75. The molecule has 1 N–H and O–H groups in total. The van der Waals surface area contributed by atoms with Gasteiger partial charge in [0.25, 0.3) is 0 Å². The van der Waals surface area contributed by atoms with Crippen LogP contribution in [0.25, 0.3) is 10.9 Å². The van der Waals surface area contributed by atoms with Crippen molar-refractivity contribution in [2.75, 3.05) is 7.05 Å². The minimum absolute atomic E-state index is 0.0942. The molecule has 5 nitrogen and oxygen atoms in total. The number of carbonyl (C=O) groups excluding carboxylic acids is 2. The van der Waals surface area contributed by atoms with Crippen LogP contribution in [0.5, 0.6) is 0 Å². The van der Waals surface area contributed by atoms with E-state index in [-0.39, 0.29) is 17.9 Å². The van der Waals surface area contributed by atoms with Crippen LogP contribution in [0.1, 0.15) is 18.4 Å². The highest BCUT2D eigenvalue weighted by molar-refractivity contribution is 6.00. The molecule has 0 bridgehead atoms. The maximum Gasteiger partial charge on any atom is 0.246 e. The number of fused-ring (bicyclic) bond motifs is 1. The van der Waals surface area contributed by atoms with Gasteiger partial charge in [0, 0.05) is 44.2 Å². The summed E-state index contributed by atoms with van der Waals surface area (Å²) in [5.41, 5.74) is 2.34. The van der Waals surface area contributed by atoms with Gasteiger partial charge >= 0.3 is 0 Å². The molecule has 0 saturated carbocycles. The quantitative estimate of drug-likeness (QED) is 0.868. The minimum Gasteiger partial charge on any atom is -0.350 e. The number of imide groups is 1. The first-order chi connectivity index (χ1) is 10.1. The molecule has 3 rings (SSSR count). The zero-order valence-electron chi connectivity index (χ0n) is 12.3. The molecule has 1 saturated heterocycles. The van der Waals surface area contributed by atoms with Gasteiger partial charge in [0.15, 0.2) is 0 Å². The maximum atomic E-state index is 12.1. The highest BCUT2D eigenvalue weighted by Crippen LogP contribution is 2.21. The van der Waals surface area contributed by atoms with Crippen molar-refractivity contribution in [2.24, 2.45) is 7.05 Å². The van der Waals surface area contributed by atoms with E-state index in [1.165, 1.54) is 21.4 Å². The van der Waals surface area contributed by atoms with Gasteiger partial charge in [-0.05, 0) is 18.1 Å². The Hall–Kier alpha value is -2.14. The van der Waals surface area contributed by atoms with E-state index in [2.05, 4.69) is 28.2 Å². The third-order valence-electron chi connectivity index (χ3n) is 4.17. The van der Waals surface area contributed by atoms with Gasteiger partial charge in [-0.3, -0.25) is 14.5 Å². The molecule has 21 heavy (non-hydrogen) atoms. The summed E-state index contributed by atoms with van der Waals surface area (Å²) in [6.07, 6.45) is 3.09. The number of likely N-dealkylation sites (tertiary alicyclic amines) is 1. The third kappa shape index (κ3) is 2.45. The highest BCUT2D eigenvalue weighted by Gasteiger charge is 2.31. The second-order valence-electron chi connectivity index (χ2n) is 5.55. The first-order valence-electron chi connectivity index (χ1n) is 7.14. The SMILES string of the molecule is CN1C(=O)CCC(NCc2cn(C)c3ccccc23)C1=O. The summed E-state index contributed by atoms with van der Waals surface area (Å²) in [6.45, 7) is 0.625. The minimum atomic E-state index is -0.272. The number of carbonyl (C=O) groups is 2. The van der Waals surface area contributed by atoms with Crippen molar-refractivity contribution >= 4 is 22.7 Å². The first-order valence-corrected chi connectivity index (χ1v) is 7.14. The smallest absolute Gasteiger partial charge is 0.246 e. The summed E-state index contributed by atoms with van der Waals surface area (Å²) in [4.78, 5) is 24.8. The van der Waals surface area contributed by atoms with E-state index in [9.17, 15) is 9.59 Å². The average Bonchev–Trinajstić information content (AvgIpc) is 2.81. The summed E-state index contributed by atoms with van der Waals surface area (Å²) < 4.78 is 2.09. The third-order valence-corrected chi connectivity index (χ3v) is 4.17. The molecule has 0 radical (unpaired) electrons. The number of likely N-dealkylation sites (N-methyl/N-ethyl adjacent to an activating group) is 1. The lowest BCUT2D eigenvalue weighted by molar-refractivity contribution is -0.148. The molecule has 1 fully saturated rings. The van der Waals surface area contributed by atoms with Crippen LogP contribution in [-0.2, 0) is 23.2 Å². The summed E-state index contributed by atoms with van der Waals surface area (Å²) in [6, 6.07) is 7.93. The molecule has 1 aliphatic heterocycles. The largest absolute Gasteiger partial charge is 0.350 e. The number of hydrogen-bond acceptors (Lipinski definition) is 3. The topological polar surface area (TPSA) is 54.3 Å². The van der Waals surface area contributed by atoms with Crippen molar-refractivity contribution in [3.8, 4) is 0 Å². The van der Waals surface area contributed by atoms with Crippen LogP contribution < -0.4 is 5.32 Å². The Morgan fingerprint density at radius 2 is 2.00 bits per heavy atom. The van der Waals surface area contributed by atoms with Gasteiger partial charge in [-0.25, -0.2) is 0 Å². The number of para-hydroxylation sites is 1. The molecule has 2 heterocycles. The molecule has 2 aromatic rings. The molecular weight excluding hydrogens is 266 g/mol. The standard InChI is InChI=1S/C16H19N3O2/c1-18-10-11(12-5-3-4-6-14(12)18)9-17-13-7-8-15(20)19(2)16(13)21/h3-6,10,13,17H,7-9H2,1-2H3. The molecule has 1 aliphatic rings. The number of nitrogens with one attached hydrogen (secondary N) is 1. The number of hydrogen-bond donors (Lipinski definition) is 1. The summed E-state index contributed by atoms with van der Waals surface area (Å²) >= 11 is 0. The van der Waals surface area contributed by atoms with E-state index in [4.69, 9.17) is 0 Å². The van der Waals surface area contributed by atoms with E-state index in [1.54, 1.807) is 7.05 Å². The molecule has 1 aromatic carbocycles. The molecule has 1 atom stereocenters. The van der Waals surface area contributed by atoms with Gasteiger partial charge in [0.1, 0.15) is 0 Å². The van der Waals surface area contributed by atoms with E-state index in [1.807, 2.05) is 19.2 Å². The predicted molar refractivity (Wildman–Crippen MR) is 80.6 cm³/mol. The number of nitrogens with zero attached hydrogens (tertiary/aromatic N) is 2. The lowest BCUT2D eigenvalue weighted by atomic mass is 10.0. The molecule has 5 heteroatoms. The molecular formula is C16H19N3O2. The number of piperidine rings is 1. The van der Waals surface area contributed by atoms with Crippen molar-refractivity contribution in [3.05, 3.63) is 36.0 Å². The number of aryl methyl sites for hydroxylation is 1. The van der Waals surface area contributed by atoms with Crippen molar-refractivity contribution in [1.82, 2.24) is 14.8 Å². The number of aromatic nitrogens is 1. The van der Waals surface area contributed by atoms with Crippen LogP contribution in [0.2, 0.25) is 0 Å². The molecule has 2 amide bonds. The van der Waals surface area contributed by atoms with E-state index in [0.717, 1.165) is 0 Å².